The van der Waals surface area contributed by atoms with Crippen LogP contribution < -0.4 is 9.62 Å². The third-order valence-corrected chi connectivity index (χ3v) is 10.2. The monoisotopic (exact) mass is 709 g/mol. The quantitative estimate of drug-likeness (QED) is 0.141. The summed E-state index contributed by atoms with van der Waals surface area (Å²) >= 11 is 9.90. The topological polar surface area (TPSA) is 86.8 Å². The number of sulfonamides is 1. The van der Waals surface area contributed by atoms with E-state index in [1.165, 1.54) is 17.0 Å². The van der Waals surface area contributed by atoms with E-state index in [4.69, 9.17) is 11.6 Å². The van der Waals surface area contributed by atoms with Gasteiger partial charge in [-0.05, 0) is 66.4 Å². The van der Waals surface area contributed by atoms with Crippen LogP contribution in [0.1, 0.15) is 36.5 Å². The van der Waals surface area contributed by atoms with Gasteiger partial charge in [-0.1, -0.05) is 108 Å². The molecule has 10 heteroatoms. The molecule has 0 fully saturated rings. The molecular formula is C35H37BrClN3O4S. The van der Waals surface area contributed by atoms with Crippen molar-refractivity contribution in [2.45, 2.75) is 50.6 Å². The highest BCUT2D eigenvalue weighted by molar-refractivity contribution is 9.10. The lowest BCUT2D eigenvalue weighted by Crippen LogP contribution is -2.53. The molecule has 1 atom stereocenters. The molecule has 4 rings (SSSR count). The number of carbonyl (C=O) groups is 2. The first-order chi connectivity index (χ1) is 21.6. The normalized spacial score (nSPS) is 11.9. The SMILES string of the molecule is CCCCNC(=O)[C@@H](Cc1ccccc1)N(Cc1ccc(Br)cc1)C(=O)CN(c1cccc(Cl)c1C)S(=O)(=O)c1ccccc1. The number of halogens is 2. The lowest BCUT2D eigenvalue weighted by atomic mass is 10.0. The summed E-state index contributed by atoms with van der Waals surface area (Å²) in [4.78, 5) is 29.9. The summed E-state index contributed by atoms with van der Waals surface area (Å²) in [6.45, 7) is 3.78. The smallest absolute Gasteiger partial charge is 0.264 e. The molecule has 0 aliphatic heterocycles. The number of hydrogen-bond donors (Lipinski definition) is 1. The number of nitrogens with zero attached hydrogens (tertiary/aromatic N) is 2. The van der Waals surface area contributed by atoms with Gasteiger partial charge >= 0.3 is 0 Å². The maximum Gasteiger partial charge on any atom is 0.264 e. The van der Waals surface area contributed by atoms with Gasteiger partial charge in [0.1, 0.15) is 12.6 Å². The Hall–Kier alpha value is -3.66. The molecule has 0 aromatic heterocycles. The molecule has 7 nitrogen and oxygen atoms in total. The van der Waals surface area contributed by atoms with Gasteiger partial charge in [-0.25, -0.2) is 8.42 Å². The Balaban J connectivity index is 1.81. The van der Waals surface area contributed by atoms with E-state index in [1.807, 2.05) is 61.5 Å². The fourth-order valence-electron chi connectivity index (χ4n) is 4.95. The Kier molecular flexibility index (Phi) is 12.2. The van der Waals surface area contributed by atoms with Crippen molar-refractivity contribution >= 4 is 55.1 Å². The van der Waals surface area contributed by atoms with E-state index in [9.17, 15) is 18.0 Å². The highest BCUT2D eigenvalue weighted by Gasteiger charge is 2.35. The first-order valence-electron chi connectivity index (χ1n) is 14.8. The Morgan fingerprint density at radius 3 is 2.16 bits per heavy atom. The minimum atomic E-state index is -4.20. The third-order valence-electron chi connectivity index (χ3n) is 7.48. The van der Waals surface area contributed by atoms with E-state index in [0.29, 0.717) is 17.1 Å². The molecule has 1 N–H and O–H groups in total. The van der Waals surface area contributed by atoms with E-state index in [-0.39, 0.29) is 29.5 Å². The van der Waals surface area contributed by atoms with Gasteiger partial charge in [0, 0.05) is 29.0 Å². The van der Waals surface area contributed by atoms with Gasteiger partial charge in [0.25, 0.3) is 10.0 Å². The molecule has 0 bridgehead atoms. The second kappa shape index (κ2) is 16.1. The predicted molar refractivity (Wildman–Crippen MR) is 184 cm³/mol. The molecule has 0 aliphatic rings. The molecule has 0 aliphatic carbocycles. The van der Waals surface area contributed by atoms with Gasteiger partial charge in [-0.2, -0.15) is 0 Å². The highest BCUT2D eigenvalue weighted by atomic mass is 79.9. The molecule has 236 valence electrons. The second-order valence-corrected chi connectivity index (χ2v) is 13.9. The van der Waals surface area contributed by atoms with Gasteiger partial charge < -0.3 is 10.2 Å². The molecule has 4 aromatic carbocycles. The Labute approximate surface area is 279 Å². The molecule has 0 saturated carbocycles. The maximum atomic E-state index is 14.5. The number of amides is 2. The summed E-state index contributed by atoms with van der Waals surface area (Å²) < 4.78 is 30.3. The first-order valence-corrected chi connectivity index (χ1v) is 17.4. The van der Waals surface area contributed by atoms with Crippen LogP contribution in [-0.2, 0) is 32.6 Å². The molecule has 0 unspecified atom stereocenters. The predicted octanol–water partition coefficient (Wildman–Crippen LogP) is 7.16. The molecule has 0 spiro atoms. The number of benzene rings is 4. The minimum absolute atomic E-state index is 0.0368. The van der Waals surface area contributed by atoms with Crippen LogP contribution in [-0.4, -0.2) is 44.3 Å². The van der Waals surface area contributed by atoms with Crippen molar-refractivity contribution in [3.8, 4) is 0 Å². The fourth-order valence-corrected chi connectivity index (χ4v) is 6.87. The van der Waals surface area contributed by atoms with Gasteiger partial charge in [-0.15, -0.1) is 0 Å². The summed E-state index contributed by atoms with van der Waals surface area (Å²) in [7, 11) is -4.20. The van der Waals surface area contributed by atoms with E-state index < -0.39 is 28.5 Å². The summed E-state index contributed by atoms with van der Waals surface area (Å²) in [5.74, 6) is -0.822. The number of hydrogen-bond acceptors (Lipinski definition) is 4. The van der Waals surface area contributed by atoms with Crippen LogP contribution in [0.3, 0.4) is 0 Å². The molecule has 0 saturated heterocycles. The van der Waals surface area contributed by atoms with Crippen LogP contribution in [0.5, 0.6) is 0 Å². The van der Waals surface area contributed by atoms with E-state index >= 15 is 0 Å². The average Bonchev–Trinajstić information content (AvgIpc) is 3.04. The standard InChI is InChI=1S/C35H37BrClN3O4S/c1-3-4-22-38-35(42)33(23-27-12-7-5-8-13-27)39(24-28-18-20-29(36)21-19-28)34(41)25-40(32-17-11-16-31(37)26(32)2)45(43,44)30-14-9-6-10-15-30/h5-21,33H,3-4,22-25H2,1-2H3,(H,38,42)/t33-/m1/s1. The molecule has 0 radical (unpaired) electrons. The second-order valence-electron chi connectivity index (χ2n) is 10.7. The summed E-state index contributed by atoms with van der Waals surface area (Å²) in [6, 6.07) is 29.0. The van der Waals surface area contributed by atoms with Gasteiger partial charge in [0.05, 0.1) is 10.6 Å². The summed E-state index contributed by atoms with van der Waals surface area (Å²) in [6.07, 6.45) is 1.95. The lowest BCUT2D eigenvalue weighted by Gasteiger charge is -2.34. The third kappa shape index (κ3) is 8.96. The van der Waals surface area contributed by atoms with E-state index in [1.54, 1.807) is 43.3 Å². The average molecular weight is 711 g/mol. The number of nitrogens with one attached hydrogen (secondary N) is 1. The van der Waals surface area contributed by atoms with Crippen LogP contribution >= 0.6 is 27.5 Å². The van der Waals surface area contributed by atoms with Gasteiger partial charge in [0.2, 0.25) is 11.8 Å². The molecular weight excluding hydrogens is 674 g/mol. The molecule has 4 aromatic rings. The van der Waals surface area contributed by atoms with Crippen LogP contribution in [0.2, 0.25) is 5.02 Å². The summed E-state index contributed by atoms with van der Waals surface area (Å²) in [5, 5.41) is 3.37. The molecule has 2 amide bonds. The largest absolute Gasteiger partial charge is 0.354 e. The number of anilines is 1. The lowest BCUT2D eigenvalue weighted by molar-refractivity contribution is -0.140. The van der Waals surface area contributed by atoms with Crippen molar-refractivity contribution in [1.82, 2.24) is 10.2 Å². The van der Waals surface area contributed by atoms with E-state index in [2.05, 4.69) is 21.2 Å². The Morgan fingerprint density at radius 1 is 0.867 bits per heavy atom. The van der Waals surface area contributed by atoms with Crippen LogP contribution in [0, 0.1) is 6.92 Å². The van der Waals surface area contributed by atoms with Crippen molar-refractivity contribution in [2.24, 2.45) is 0 Å². The fraction of sp³-hybridized carbons (Fsp3) is 0.257. The summed E-state index contributed by atoms with van der Waals surface area (Å²) in [5.41, 5.74) is 2.47. The zero-order valence-electron chi connectivity index (χ0n) is 25.3. The molecule has 0 heterocycles. The van der Waals surface area contributed by atoms with Crippen LogP contribution in [0.25, 0.3) is 0 Å². The van der Waals surface area contributed by atoms with Crippen molar-refractivity contribution in [2.75, 3.05) is 17.4 Å². The highest BCUT2D eigenvalue weighted by Crippen LogP contribution is 2.31. The van der Waals surface area contributed by atoms with Crippen molar-refractivity contribution in [3.63, 3.8) is 0 Å². The number of unbranched alkanes of at least 4 members (excludes halogenated alkanes) is 1. The molecule has 45 heavy (non-hydrogen) atoms. The number of rotatable bonds is 14. The van der Waals surface area contributed by atoms with Gasteiger partial charge in [0.15, 0.2) is 0 Å². The zero-order valence-corrected chi connectivity index (χ0v) is 28.5. The van der Waals surface area contributed by atoms with Crippen molar-refractivity contribution < 1.29 is 18.0 Å². The Bertz CT molecular complexity index is 1690. The minimum Gasteiger partial charge on any atom is -0.354 e. The van der Waals surface area contributed by atoms with Gasteiger partial charge in [-0.3, -0.25) is 13.9 Å². The maximum absolute atomic E-state index is 14.5. The zero-order chi connectivity index (χ0) is 32.4. The van der Waals surface area contributed by atoms with E-state index in [0.717, 1.165) is 32.7 Å². The van der Waals surface area contributed by atoms with Crippen molar-refractivity contribution in [1.29, 1.82) is 0 Å². The van der Waals surface area contributed by atoms with Crippen LogP contribution in [0.15, 0.2) is 112 Å². The number of carbonyl (C=O) groups excluding carboxylic acids is 2. The van der Waals surface area contributed by atoms with Crippen molar-refractivity contribution in [3.05, 3.63) is 129 Å². The Morgan fingerprint density at radius 2 is 1.51 bits per heavy atom. The van der Waals surface area contributed by atoms with Crippen LogP contribution in [0.4, 0.5) is 5.69 Å². The first kappa shape index (κ1) is 34.2.